The number of allylic oxidation sites excluding steroid dienone is 1. The maximum atomic E-state index is 11.2. The van der Waals surface area contributed by atoms with Crippen LogP contribution in [0.1, 0.15) is 12.5 Å². The number of anilines is 1. The summed E-state index contributed by atoms with van der Waals surface area (Å²) < 4.78 is 22.4. The lowest BCUT2D eigenvalue weighted by molar-refractivity contribution is 0.598. The molecule has 0 spiro atoms. The van der Waals surface area contributed by atoms with E-state index in [1.165, 1.54) is 12.1 Å². The highest BCUT2D eigenvalue weighted by molar-refractivity contribution is 7.89. The van der Waals surface area contributed by atoms with E-state index in [0.717, 1.165) is 17.0 Å². The summed E-state index contributed by atoms with van der Waals surface area (Å²) in [5.74, 6) is 0. The van der Waals surface area contributed by atoms with Crippen molar-refractivity contribution in [1.29, 1.82) is 0 Å². The number of aliphatic imine (C=N–C) groups is 1. The van der Waals surface area contributed by atoms with Gasteiger partial charge in [0, 0.05) is 25.5 Å². The van der Waals surface area contributed by atoms with Crippen LogP contribution >= 0.6 is 0 Å². The van der Waals surface area contributed by atoms with Gasteiger partial charge in [0.25, 0.3) is 0 Å². The van der Waals surface area contributed by atoms with Gasteiger partial charge in [-0.25, -0.2) is 13.6 Å². The van der Waals surface area contributed by atoms with E-state index >= 15 is 0 Å². The van der Waals surface area contributed by atoms with E-state index in [2.05, 4.69) is 17.1 Å². The Morgan fingerprint density at radius 3 is 2.12 bits per heavy atom. The summed E-state index contributed by atoms with van der Waals surface area (Å²) in [7, 11) is 0.336. The van der Waals surface area contributed by atoms with E-state index in [-0.39, 0.29) is 4.90 Å². The van der Waals surface area contributed by atoms with Crippen molar-refractivity contribution in [3.63, 3.8) is 0 Å². The van der Waals surface area contributed by atoms with E-state index in [1.807, 2.05) is 50.2 Å². The second-order valence-electron chi connectivity index (χ2n) is 5.61. The molecule has 0 aliphatic heterocycles. The molecule has 0 unspecified atom stereocenters. The van der Waals surface area contributed by atoms with Gasteiger partial charge in [-0.05, 0) is 55.0 Å². The molecule has 24 heavy (non-hydrogen) atoms. The standard InChI is InChI=1S/C18H21N3O2S/c1-14(4-5-15-6-10-17(11-7-15)21(2)3)20-16-8-12-18(13-9-16)24(19,22)23/h4-13H,1-3H3,(H2,19,22,23)/b5-4+,20-14?. The smallest absolute Gasteiger partial charge is 0.238 e. The number of sulfonamides is 1. The van der Waals surface area contributed by atoms with E-state index in [1.54, 1.807) is 12.1 Å². The zero-order valence-corrected chi connectivity index (χ0v) is 14.8. The molecule has 0 aromatic heterocycles. The molecule has 2 aromatic rings. The van der Waals surface area contributed by atoms with E-state index in [4.69, 9.17) is 5.14 Å². The molecular formula is C18H21N3O2S. The number of hydrogen-bond acceptors (Lipinski definition) is 4. The van der Waals surface area contributed by atoms with Crippen molar-refractivity contribution in [1.82, 2.24) is 0 Å². The average Bonchev–Trinajstić information content (AvgIpc) is 2.53. The molecule has 2 N–H and O–H groups in total. The monoisotopic (exact) mass is 343 g/mol. The summed E-state index contributed by atoms with van der Waals surface area (Å²) in [4.78, 5) is 6.56. The Morgan fingerprint density at radius 2 is 1.62 bits per heavy atom. The molecule has 0 aliphatic rings. The first kappa shape index (κ1) is 17.9. The van der Waals surface area contributed by atoms with Crippen LogP contribution in [0.4, 0.5) is 11.4 Å². The third kappa shape index (κ3) is 5.04. The summed E-state index contributed by atoms with van der Waals surface area (Å²) in [6.07, 6.45) is 3.90. The minimum atomic E-state index is -3.67. The largest absolute Gasteiger partial charge is 0.378 e. The summed E-state index contributed by atoms with van der Waals surface area (Å²) in [6.45, 7) is 1.89. The fraction of sp³-hybridized carbons (Fsp3) is 0.167. The molecule has 5 nitrogen and oxygen atoms in total. The van der Waals surface area contributed by atoms with E-state index < -0.39 is 10.0 Å². The first-order valence-electron chi connectivity index (χ1n) is 7.39. The Hall–Kier alpha value is -2.44. The number of hydrogen-bond donors (Lipinski definition) is 1. The van der Waals surface area contributed by atoms with Crippen molar-refractivity contribution in [2.75, 3.05) is 19.0 Å². The Balaban J connectivity index is 2.10. The van der Waals surface area contributed by atoms with Gasteiger partial charge in [-0.3, -0.25) is 4.99 Å². The fourth-order valence-corrected chi connectivity index (χ4v) is 2.57. The molecule has 0 saturated heterocycles. The van der Waals surface area contributed by atoms with E-state index in [9.17, 15) is 8.42 Å². The van der Waals surface area contributed by atoms with Crippen molar-refractivity contribution in [3.05, 3.63) is 60.2 Å². The maximum Gasteiger partial charge on any atom is 0.238 e. The van der Waals surface area contributed by atoms with Crippen LogP contribution < -0.4 is 10.0 Å². The molecule has 0 radical (unpaired) electrons. The lowest BCUT2D eigenvalue weighted by Gasteiger charge is -2.11. The molecule has 0 aliphatic carbocycles. The van der Waals surface area contributed by atoms with Crippen LogP contribution in [0.5, 0.6) is 0 Å². The molecular weight excluding hydrogens is 322 g/mol. The Morgan fingerprint density at radius 1 is 1.04 bits per heavy atom. The van der Waals surface area contributed by atoms with Gasteiger partial charge in [-0.15, -0.1) is 0 Å². The number of nitrogens with zero attached hydrogens (tertiary/aromatic N) is 2. The van der Waals surface area contributed by atoms with Gasteiger partial charge in [0.05, 0.1) is 10.6 Å². The average molecular weight is 343 g/mol. The minimum absolute atomic E-state index is 0.0793. The van der Waals surface area contributed by atoms with Crippen molar-refractivity contribution in [3.8, 4) is 0 Å². The predicted octanol–water partition coefficient (Wildman–Crippen LogP) is 3.21. The lowest BCUT2D eigenvalue weighted by atomic mass is 10.1. The molecule has 0 heterocycles. The second kappa shape index (κ2) is 7.42. The second-order valence-corrected chi connectivity index (χ2v) is 7.17. The predicted molar refractivity (Wildman–Crippen MR) is 100 cm³/mol. The topological polar surface area (TPSA) is 75.8 Å². The highest BCUT2D eigenvalue weighted by Gasteiger charge is 2.06. The van der Waals surface area contributed by atoms with Crippen molar-refractivity contribution in [2.24, 2.45) is 10.1 Å². The van der Waals surface area contributed by atoms with Crippen LogP contribution in [-0.4, -0.2) is 28.2 Å². The summed E-state index contributed by atoms with van der Waals surface area (Å²) in [5, 5.41) is 5.07. The van der Waals surface area contributed by atoms with Crippen molar-refractivity contribution >= 4 is 33.2 Å². The van der Waals surface area contributed by atoms with Gasteiger partial charge < -0.3 is 4.90 Å². The van der Waals surface area contributed by atoms with Gasteiger partial charge in [0.15, 0.2) is 0 Å². The molecule has 126 valence electrons. The third-order valence-corrected chi connectivity index (χ3v) is 4.33. The van der Waals surface area contributed by atoms with Gasteiger partial charge >= 0.3 is 0 Å². The fourth-order valence-electron chi connectivity index (χ4n) is 2.05. The van der Waals surface area contributed by atoms with Crippen molar-refractivity contribution < 1.29 is 8.42 Å². The number of rotatable bonds is 5. The first-order chi connectivity index (χ1) is 11.3. The summed E-state index contributed by atoms with van der Waals surface area (Å²) in [5.41, 5.74) is 3.72. The number of nitrogens with two attached hydrogens (primary N) is 1. The Kier molecular flexibility index (Phi) is 5.54. The molecule has 0 saturated carbocycles. The normalized spacial score (nSPS) is 12.6. The van der Waals surface area contributed by atoms with Crippen LogP contribution in [0.15, 0.2) is 64.5 Å². The van der Waals surface area contributed by atoms with Crippen LogP contribution in [0.2, 0.25) is 0 Å². The molecule has 2 aromatic carbocycles. The van der Waals surface area contributed by atoms with Crippen LogP contribution in [-0.2, 0) is 10.0 Å². The summed E-state index contributed by atoms with van der Waals surface area (Å²) in [6, 6.07) is 14.3. The molecule has 0 amide bonds. The highest BCUT2D eigenvalue weighted by Crippen LogP contribution is 2.17. The maximum absolute atomic E-state index is 11.2. The van der Waals surface area contributed by atoms with Gasteiger partial charge in [0.2, 0.25) is 10.0 Å². The summed E-state index contributed by atoms with van der Waals surface area (Å²) >= 11 is 0. The zero-order valence-electron chi connectivity index (χ0n) is 14.0. The zero-order chi connectivity index (χ0) is 17.7. The number of benzene rings is 2. The molecule has 0 fully saturated rings. The number of primary sulfonamides is 1. The molecule has 6 heteroatoms. The minimum Gasteiger partial charge on any atom is -0.378 e. The van der Waals surface area contributed by atoms with Gasteiger partial charge in [-0.2, -0.15) is 0 Å². The van der Waals surface area contributed by atoms with Crippen LogP contribution in [0.3, 0.4) is 0 Å². The SMILES string of the molecule is CC(/C=C/c1ccc(N(C)C)cc1)=Nc1ccc(S(N)(=O)=O)cc1. The van der Waals surface area contributed by atoms with Crippen molar-refractivity contribution in [2.45, 2.75) is 11.8 Å². The van der Waals surface area contributed by atoms with Gasteiger partial charge in [-0.1, -0.05) is 18.2 Å². The first-order valence-corrected chi connectivity index (χ1v) is 8.94. The third-order valence-electron chi connectivity index (χ3n) is 3.40. The van der Waals surface area contributed by atoms with Crippen LogP contribution in [0, 0.1) is 0 Å². The quantitative estimate of drug-likeness (QED) is 0.847. The Labute approximate surface area is 143 Å². The van der Waals surface area contributed by atoms with Crippen LogP contribution in [0.25, 0.3) is 6.08 Å². The Bertz CT molecular complexity index is 850. The van der Waals surface area contributed by atoms with E-state index in [0.29, 0.717) is 5.69 Å². The molecule has 0 bridgehead atoms. The van der Waals surface area contributed by atoms with Gasteiger partial charge in [0.1, 0.15) is 0 Å². The molecule has 0 atom stereocenters. The highest BCUT2D eigenvalue weighted by atomic mass is 32.2. The lowest BCUT2D eigenvalue weighted by Crippen LogP contribution is -2.11. The molecule has 2 rings (SSSR count).